The van der Waals surface area contributed by atoms with E-state index in [1.54, 1.807) is 0 Å². The Morgan fingerprint density at radius 2 is 1.88 bits per heavy atom. The molecule has 2 N–H and O–H groups in total. The van der Waals surface area contributed by atoms with Crippen LogP contribution in [0.3, 0.4) is 0 Å². The molecule has 1 rings (SSSR count). The number of aliphatic hydroxyl groups is 1. The van der Waals surface area contributed by atoms with E-state index in [0.717, 1.165) is 12.8 Å². The van der Waals surface area contributed by atoms with Crippen molar-refractivity contribution in [3.63, 3.8) is 0 Å². The van der Waals surface area contributed by atoms with Crippen molar-refractivity contribution in [3.8, 4) is 0 Å². The molecule has 0 radical (unpaired) electrons. The summed E-state index contributed by atoms with van der Waals surface area (Å²) in [7, 11) is 0. The van der Waals surface area contributed by atoms with Gasteiger partial charge in [0.15, 0.2) is 0 Å². The van der Waals surface area contributed by atoms with Crippen molar-refractivity contribution in [2.45, 2.75) is 52.6 Å². The van der Waals surface area contributed by atoms with Crippen molar-refractivity contribution in [3.05, 3.63) is 34.9 Å². The van der Waals surface area contributed by atoms with Gasteiger partial charge in [-0.1, -0.05) is 18.2 Å². The number of aliphatic hydroxyl groups excluding tert-OH is 1. The Hall–Kier alpha value is -0.860. The van der Waals surface area contributed by atoms with Gasteiger partial charge in [-0.05, 0) is 57.2 Å². The molecule has 0 fully saturated rings. The monoisotopic (exact) mass is 235 g/mol. The maximum atomic E-state index is 8.81. The molecule has 0 bridgehead atoms. The molecule has 2 atom stereocenters. The van der Waals surface area contributed by atoms with Crippen molar-refractivity contribution in [2.24, 2.45) is 0 Å². The molecule has 96 valence electrons. The van der Waals surface area contributed by atoms with Gasteiger partial charge in [0.25, 0.3) is 0 Å². The number of hydrogen-bond donors (Lipinski definition) is 2. The summed E-state index contributed by atoms with van der Waals surface area (Å²) in [6.07, 6.45) is 1.89. The highest BCUT2D eigenvalue weighted by molar-refractivity contribution is 5.31. The van der Waals surface area contributed by atoms with Crippen LogP contribution in [-0.2, 0) is 0 Å². The molecule has 0 saturated carbocycles. The van der Waals surface area contributed by atoms with Crippen molar-refractivity contribution in [1.29, 1.82) is 0 Å². The molecule has 0 saturated heterocycles. The Morgan fingerprint density at radius 3 is 2.47 bits per heavy atom. The molecule has 1 aromatic rings. The van der Waals surface area contributed by atoms with Crippen LogP contribution >= 0.6 is 0 Å². The average molecular weight is 235 g/mol. The predicted octanol–water partition coefficient (Wildman–Crippen LogP) is 3.12. The molecular weight excluding hydrogens is 210 g/mol. The van der Waals surface area contributed by atoms with Crippen LogP contribution in [0.25, 0.3) is 0 Å². The Kier molecular flexibility index (Phi) is 5.66. The third-order valence-corrected chi connectivity index (χ3v) is 3.36. The van der Waals surface area contributed by atoms with Crippen LogP contribution in [0.4, 0.5) is 0 Å². The highest BCUT2D eigenvalue weighted by Gasteiger charge is 2.09. The molecule has 0 aromatic heterocycles. The quantitative estimate of drug-likeness (QED) is 0.794. The molecular formula is C15H25NO. The third-order valence-electron chi connectivity index (χ3n) is 3.36. The summed E-state index contributed by atoms with van der Waals surface area (Å²) in [5.41, 5.74) is 4.03. The molecule has 2 nitrogen and oxygen atoms in total. The molecule has 2 heteroatoms. The highest BCUT2D eigenvalue weighted by atomic mass is 16.2. The van der Waals surface area contributed by atoms with E-state index >= 15 is 0 Å². The van der Waals surface area contributed by atoms with Crippen LogP contribution in [0.1, 0.15) is 49.4 Å². The second kappa shape index (κ2) is 6.77. The number of aryl methyl sites for hydroxylation is 2. The van der Waals surface area contributed by atoms with Gasteiger partial charge in [-0.25, -0.2) is 0 Å². The van der Waals surface area contributed by atoms with Gasteiger partial charge in [-0.15, -0.1) is 0 Å². The fraction of sp³-hybridized carbons (Fsp3) is 0.600. The van der Waals surface area contributed by atoms with Crippen molar-refractivity contribution in [2.75, 3.05) is 6.61 Å². The Bertz CT molecular complexity index is 349. The van der Waals surface area contributed by atoms with E-state index in [-0.39, 0.29) is 6.61 Å². The first kappa shape index (κ1) is 14.2. The van der Waals surface area contributed by atoms with Gasteiger partial charge >= 0.3 is 0 Å². The van der Waals surface area contributed by atoms with E-state index in [4.69, 9.17) is 5.11 Å². The lowest BCUT2D eigenvalue weighted by Crippen LogP contribution is -2.29. The van der Waals surface area contributed by atoms with Crippen LogP contribution in [-0.4, -0.2) is 17.8 Å². The first-order chi connectivity index (χ1) is 8.04. The Balaban J connectivity index is 2.57. The number of rotatable bonds is 6. The zero-order chi connectivity index (χ0) is 12.8. The molecule has 0 aliphatic carbocycles. The SMILES string of the molecule is Cc1ccc(C(C)NC(C)CCCO)cc1C. The summed E-state index contributed by atoms with van der Waals surface area (Å²) in [5, 5.41) is 12.4. The molecule has 2 unspecified atom stereocenters. The zero-order valence-electron chi connectivity index (χ0n) is 11.5. The lowest BCUT2D eigenvalue weighted by molar-refractivity contribution is 0.274. The first-order valence-corrected chi connectivity index (χ1v) is 6.48. The van der Waals surface area contributed by atoms with Crippen LogP contribution in [0, 0.1) is 13.8 Å². The van der Waals surface area contributed by atoms with Gasteiger partial charge in [-0.2, -0.15) is 0 Å². The summed E-state index contributed by atoms with van der Waals surface area (Å²) >= 11 is 0. The van der Waals surface area contributed by atoms with Gasteiger partial charge in [-0.3, -0.25) is 0 Å². The molecule has 17 heavy (non-hydrogen) atoms. The molecule has 1 aromatic carbocycles. The lowest BCUT2D eigenvalue weighted by atomic mass is 10.0. The van der Waals surface area contributed by atoms with E-state index < -0.39 is 0 Å². The fourth-order valence-electron chi connectivity index (χ4n) is 2.04. The van der Waals surface area contributed by atoms with Crippen LogP contribution < -0.4 is 5.32 Å². The lowest BCUT2D eigenvalue weighted by Gasteiger charge is -2.21. The van der Waals surface area contributed by atoms with Gasteiger partial charge in [0.05, 0.1) is 0 Å². The summed E-state index contributed by atoms with van der Waals surface area (Å²) in [4.78, 5) is 0. The first-order valence-electron chi connectivity index (χ1n) is 6.48. The maximum absolute atomic E-state index is 8.81. The van der Waals surface area contributed by atoms with Crippen molar-refractivity contribution < 1.29 is 5.11 Å². The third kappa shape index (κ3) is 4.49. The molecule has 0 amide bonds. The highest BCUT2D eigenvalue weighted by Crippen LogP contribution is 2.17. The Labute approximate surface area is 105 Å². The predicted molar refractivity (Wildman–Crippen MR) is 73.2 cm³/mol. The van der Waals surface area contributed by atoms with Crippen LogP contribution in [0.15, 0.2) is 18.2 Å². The summed E-state index contributed by atoms with van der Waals surface area (Å²) in [6.45, 7) is 8.94. The number of hydrogen-bond acceptors (Lipinski definition) is 2. The second-order valence-corrected chi connectivity index (χ2v) is 5.00. The van der Waals surface area contributed by atoms with Gasteiger partial charge in [0, 0.05) is 18.7 Å². The summed E-state index contributed by atoms with van der Waals surface area (Å²) in [5.74, 6) is 0. The van der Waals surface area contributed by atoms with E-state index in [0.29, 0.717) is 12.1 Å². The summed E-state index contributed by atoms with van der Waals surface area (Å²) < 4.78 is 0. The molecule has 0 spiro atoms. The minimum atomic E-state index is 0.282. The minimum Gasteiger partial charge on any atom is -0.396 e. The van der Waals surface area contributed by atoms with E-state index in [1.807, 2.05) is 0 Å². The second-order valence-electron chi connectivity index (χ2n) is 5.00. The Morgan fingerprint density at radius 1 is 1.18 bits per heavy atom. The zero-order valence-corrected chi connectivity index (χ0v) is 11.5. The summed E-state index contributed by atoms with van der Waals surface area (Å²) in [6, 6.07) is 7.44. The van der Waals surface area contributed by atoms with E-state index in [1.165, 1.54) is 16.7 Å². The van der Waals surface area contributed by atoms with Gasteiger partial charge in [0.2, 0.25) is 0 Å². The molecule has 0 aliphatic rings. The van der Waals surface area contributed by atoms with Crippen LogP contribution in [0.2, 0.25) is 0 Å². The minimum absolute atomic E-state index is 0.282. The van der Waals surface area contributed by atoms with Gasteiger partial charge < -0.3 is 10.4 Å². The standard InChI is InChI=1S/C15H25NO/c1-11-7-8-15(10-12(11)2)14(4)16-13(3)6-5-9-17/h7-8,10,13-14,16-17H,5-6,9H2,1-4H3. The topological polar surface area (TPSA) is 32.3 Å². The normalized spacial score (nSPS) is 14.6. The van der Waals surface area contributed by atoms with Gasteiger partial charge in [0.1, 0.15) is 0 Å². The smallest absolute Gasteiger partial charge is 0.0431 e. The van der Waals surface area contributed by atoms with E-state index in [9.17, 15) is 0 Å². The average Bonchev–Trinajstić information content (AvgIpc) is 2.30. The van der Waals surface area contributed by atoms with Crippen LogP contribution in [0.5, 0.6) is 0 Å². The largest absolute Gasteiger partial charge is 0.396 e. The number of nitrogens with one attached hydrogen (secondary N) is 1. The number of benzene rings is 1. The maximum Gasteiger partial charge on any atom is 0.0431 e. The van der Waals surface area contributed by atoms with Crippen molar-refractivity contribution in [1.82, 2.24) is 5.32 Å². The molecule has 0 aliphatic heterocycles. The molecule has 0 heterocycles. The van der Waals surface area contributed by atoms with E-state index in [2.05, 4.69) is 51.2 Å². The fourth-order valence-corrected chi connectivity index (χ4v) is 2.04. The van der Waals surface area contributed by atoms with Crippen molar-refractivity contribution >= 4 is 0 Å².